The summed E-state index contributed by atoms with van der Waals surface area (Å²) in [6.07, 6.45) is 3.28. The molecule has 0 bridgehead atoms. The minimum absolute atomic E-state index is 0.0139. The third kappa shape index (κ3) is 0.959. The second-order valence-electron chi connectivity index (χ2n) is 3.71. The van der Waals surface area contributed by atoms with E-state index in [-0.39, 0.29) is 17.5 Å². The number of ether oxygens (including phenoxy) is 2. The fourth-order valence-electron chi connectivity index (χ4n) is 2.10. The predicted molar refractivity (Wildman–Crippen MR) is 42.6 cm³/mol. The number of carbonyl (C=O) groups is 1. The molecule has 0 aromatic rings. The first kappa shape index (κ1) is 8.05. The maximum absolute atomic E-state index is 11.2. The molecule has 2 aliphatic rings. The Labute approximate surface area is 72.0 Å². The first-order valence-electron chi connectivity index (χ1n) is 4.37. The van der Waals surface area contributed by atoms with E-state index >= 15 is 0 Å². The second-order valence-corrected chi connectivity index (χ2v) is 3.71. The van der Waals surface area contributed by atoms with E-state index in [2.05, 4.69) is 0 Å². The van der Waals surface area contributed by atoms with Crippen molar-refractivity contribution in [3.05, 3.63) is 0 Å². The molecule has 0 spiro atoms. The van der Waals surface area contributed by atoms with Crippen LogP contribution in [0.1, 0.15) is 19.3 Å². The van der Waals surface area contributed by atoms with Gasteiger partial charge in [-0.25, -0.2) is 0 Å². The van der Waals surface area contributed by atoms with Gasteiger partial charge in [-0.15, -0.1) is 0 Å². The van der Waals surface area contributed by atoms with Gasteiger partial charge < -0.3 is 9.47 Å². The van der Waals surface area contributed by atoms with Gasteiger partial charge >= 0.3 is 5.97 Å². The first-order chi connectivity index (χ1) is 5.74. The maximum atomic E-state index is 11.2. The molecule has 2 saturated carbocycles. The molecule has 0 aliphatic heterocycles. The van der Waals surface area contributed by atoms with Crippen molar-refractivity contribution in [3.63, 3.8) is 0 Å². The van der Waals surface area contributed by atoms with E-state index in [0.717, 1.165) is 6.42 Å². The van der Waals surface area contributed by atoms with Gasteiger partial charge in [-0.1, -0.05) is 0 Å². The van der Waals surface area contributed by atoms with Crippen LogP contribution in [-0.4, -0.2) is 25.8 Å². The van der Waals surface area contributed by atoms with Crippen molar-refractivity contribution in [2.75, 3.05) is 14.2 Å². The van der Waals surface area contributed by atoms with E-state index in [1.54, 1.807) is 7.11 Å². The van der Waals surface area contributed by atoms with Crippen molar-refractivity contribution in [2.45, 2.75) is 24.9 Å². The molecule has 0 heterocycles. The molecule has 2 aliphatic carbocycles. The Morgan fingerprint density at radius 1 is 1.42 bits per heavy atom. The van der Waals surface area contributed by atoms with Crippen molar-refractivity contribution >= 4 is 5.97 Å². The maximum Gasteiger partial charge on any atom is 0.311 e. The monoisotopic (exact) mass is 170 g/mol. The number of hydrogen-bond donors (Lipinski definition) is 0. The van der Waals surface area contributed by atoms with Gasteiger partial charge in [0.15, 0.2) is 0 Å². The highest BCUT2D eigenvalue weighted by molar-refractivity contribution is 5.78. The van der Waals surface area contributed by atoms with Gasteiger partial charge in [-0.3, -0.25) is 4.79 Å². The summed E-state index contributed by atoms with van der Waals surface area (Å²) in [5.74, 6) is 0.523. The fourth-order valence-corrected chi connectivity index (χ4v) is 2.10. The Kier molecular flexibility index (Phi) is 1.65. The van der Waals surface area contributed by atoms with Crippen LogP contribution >= 0.6 is 0 Å². The lowest BCUT2D eigenvalue weighted by molar-refractivity contribution is -0.144. The Hall–Kier alpha value is -0.570. The van der Waals surface area contributed by atoms with Crippen LogP contribution in [0.25, 0.3) is 0 Å². The van der Waals surface area contributed by atoms with Crippen LogP contribution in [0, 0.1) is 11.8 Å². The second kappa shape index (κ2) is 2.46. The molecule has 12 heavy (non-hydrogen) atoms. The average Bonchev–Trinajstić information content (AvgIpc) is 2.93. The predicted octanol–water partition coefficient (Wildman–Crippen LogP) is 0.974. The lowest BCUT2D eigenvalue weighted by atomic mass is 10.1. The van der Waals surface area contributed by atoms with Gasteiger partial charge in [0.25, 0.3) is 0 Å². The van der Waals surface area contributed by atoms with Crippen LogP contribution in [0.5, 0.6) is 0 Å². The largest absolute Gasteiger partial charge is 0.469 e. The van der Waals surface area contributed by atoms with E-state index in [0.29, 0.717) is 5.92 Å². The average molecular weight is 170 g/mol. The molecule has 2 rings (SSSR count). The highest BCUT2D eigenvalue weighted by Gasteiger charge is 2.66. The zero-order valence-corrected chi connectivity index (χ0v) is 7.50. The van der Waals surface area contributed by atoms with E-state index in [1.165, 1.54) is 20.0 Å². The summed E-state index contributed by atoms with van der Waals surface area (Å²) in [7, 11) is 3.13. The van der Waals surface area contributed by atoms with Crippen LogP contribution in [0.4, 0.5) is 0 Å². The molecule has 3 heteroatoms. The third-order valence-corrected chi connectivity index (χ3v) is 3.09. The topological polar surface area (TPSA) is 35.5 Å². The first-order valence-corrected chi connectivity index (χ1v) is 4.37. The van der Waals surface area contributed by atoms with Crippen molar-refractivity contribution in [2.24, 2.45) is 11.8 Å². The SMILES string of the molecule is COC(=O)[C@@H]1C[C@]1(OC)C1CC1. The molecular weight excluding hydrogens is 156 g/mol. The van der Waals surface area contributed by atoms with Crippen molar-refractivity contribution in [1.82, 2.24) is 0 Å². The molecule has 0 unspecified atom stereocenters. The molecule has 0 aromatic carbocycles. The zero-order chi connectivity index (χ0) is 8.77. The summed E-state index contributed by atoms with van der Waals surface area (Å²) in [5.41, 5.74) is -0.132. The Balaban J connectivity index is 2.01. The van der Waals surface area contributed by atoms with E-state index in [4.69, 9.17) is 9.47 Å². The van der Waals surface area contributed by atoms with Gasteiger partial charge in [0.1, 0.15) is 0 Å². The normalized spacial score (nSPS) is 39.3. The zero-order valence-electron chi connectivity index (χ0n) is 7.50. The standard InChI is InChI=1S/C9H14O3/c1-11-8(10)7-5-9(7,12-2)6-3-4-6/h6-7H,3-5H2,1-2H3/t7-,9-/m0/s1. The molecule has 2 fully saturated rings. The van der Waals surface area contributed by atoms with Crippen LogP contribution in [0.3, 0.4) is 0 Å². The number of esters is 1. The van der Waals surface area contributed by atoms with Crippen LogP contribution in [-0.2, 0) is 14.3 Å². The molecule has 2 atom stereocenters. The highest BCUT2D eigenvalue weighted by Crippen LogP contribution is 2.60. The molecule has 0 radical (unpaired) electrons. The summed E-state index contributed by atoms with van der Waals surface area (Å²) < 4.78 is 10.1. The van der Waals surface area contributed by atoms with Crippen LogP contribution < -0.4 is 0 Å². The lowest BCUT2D eigenvalue weighted by Crippen LogP contribution is -2.22. The fraction of sp³-hybridized carbons (Fsp3) is 0.889. The summed E-state index contributed by atoms with van der Waals surface area (Å²) >= 11 is 0. The lowest BCUT2D eigenvalue weighted by Gasteiger charge is -2.13. The third-order valence-electron chi connectivity index (χ3n) is 3.09. The molecule has 68 valence electrons. The molecule has 0 aromatic heterocycles. The van der Waals surface area contributed by atoms with E-state index in [1.807, 2.05) is 0 Å². The van der Waals surface area contributed by atoms with Crippen LogP contribution in [0.2, 0.25) is 0 Å². The summed E-state index contributed by atoms with van der Waals surface area (Å²) in [6.45, 7) is 0. The summed E-state index contributed by atoms with van der Waals surface area (Å²) in [4.78, 5) is 11.2. The van der Waals surface area contributed by atoms with Crippen molar-refractivity contribution in [1.29, 1.82) is 0 Å². The Bertz CT molecular complexity index is 210. The number of hydrogen-bond acceptors (Lipinski definition) is 3. The van der Waals surface area contributed by atoms with Gasteiger partial charge in [0.05, 0.1) is 18.6 Å². The molecule has 0 N–H and O–H groups in total. The van der Waals surface area contributed by atoms with E-state index < -0.39 is 0 Å². The highest BCUT2D eigenvalue weighted by atomic mass is 16.5. The molecular formula is C9H14O3. The quantitative estimate of drug-likeness (QED) is 0.592. The minimum Gasteiger partial charge on any atom is -0.469 e. The van der Waals surface area contributed by atoms with Crippen molar-refractivity contribution in [3.8, 4) is 0 Å². The number of rotatable bonds is 3. The van der Waals surface area contributed by atoms with Gasteiger partial charge in [0, 0.05) is 7.11 Å². The smallest absolute Gasteiger partial charge is 0.311 e. The van der Waals surface area contributed by atoms with E-state index in [9.17, 15) is 4.79 Å². The number of carbonyl (C=O) groups excluding carboxylic acids is 1. The molecule has 0 saturated heterocycles. The van der Waals surface area contributed by atoms with Gasteiger partial charge in [-0.2, -0.15) is 0 Å². The molecule has 0 amide bonds. The minimum atomic E-state index is -0.132. The summed E-state index contributed by atoms with van der Waals surface area (Å²) in [6, 6.07) is 0. The summed E-state index contributed by atoms with van der Waals surface area (Å²) in [5, 5.41) is 0. The Morgan fingerprint density at radius 3 is 2.50 bits per heavy atom. The van der Waals surface area contributed by atoms with Crippen LogP contribution in [0.15, 0.2) is 0 Å². The Morgan fingerprint density at radius 2 is 2.08 bits per heavy atom. The van der Waals surface area contributed by atoms with Crippen molar-refractivity contribution < 1.29 is 14.3 Å². The van der Waals surface area contributed by atoms with Gasteiger partial charge in [0.2, 0.25) is 0 Å². The van der Waals surface area contributed by atoms with Gasteiger partial charge in [-0.05, 0) is 25.2 Å². The molecule has 3 nitrogen and oxygen atoms in total. The number of methoxy groups -OCH3 is 2.